The fourth-order valence-corrected chi connectivity index (χ4v) is 3.82. The average Bonchev–Trinajstić information content (AvgIpc) is 3.01. The Morgan fingerprint density at radius 3 is 2.56 bits per heavy atom. The van der Waals surface area contributed by atoms with E-state index >= 15 is 0 Å². The number of hydrogen-bond acceptors (Lipinski definition) is 4. The SMILES string of the molecule is N#Cc1c(N2CCC(O)(c3ccccc3Cl)CC2)nc2ccccn12. The molecule has 1 saturated heterocycles. The van der Waals surface area contributed by atoms with Crippen molar-refractivity contribution >= 4 is 23.1 Å². The summed E-state index contributed by atoms with van der Waals surface area (Å²) < 4.78 is 1.80. The Hall–Kier alpha value is -2.55. The Morgan fingerprint density at radius 2 is 1.84 bits per heavy atom. The normalized spacial score (nSPS) is 16.8. The van der Waals surface area contributed by atoms with Gasteiger partial charge in [0.1, 0.15) is 11.7 Å². The molecule has 3 aromatic rings. The van der Waals surface area contributed by atoms with Crippen LogP contribution in [0.15, 0.2) is 48.7 Å². The van der Waals surface area contributed by atoms with Gasteiger partial charge in [-0.3, -0.25) is 4.40 Å². The van der Waals surface area contributed by atoms with E-state index in [0.29, 0.717) is 42.5 Å². The van der Waals surface area contributed by atoms with Gasteiger partial charge in [0, 0.05) is 29.9 Å². The third kappa shape index (κ3) is 2.64. The zero-order valence-corrected chi connectivity index (χ0v) is 14.3. The number of fused-ring (bicyclic) bond motifs is 1. The summed E-state index contributed by atoms with van der Waals surface area (Å²) in [6, 6.07) is 15.4. The molecule has 0 amide bonds. The smallest absolute Gasteiger partial charge is 0.169 e. The minimum atomic E-state index is -0.944. The molecular formula is C19H17ClN4O. The lowest BCUT2D eigenvalue weighted by molar-refractivity contribution is 0.0118. The van der Waals surface area contributed by atoms with E-state index in [2.05, 4.69) is 16.0 Å². The molecule has 1 fully saturated rings. The van der Waals surface area contributed by atoms with E-state index in [0.717, 1.165) is 11.2 Å². The molecule has 0 bridgehead atoms. The lowest BCUT2D eigenvalue weighted by Gasteiger charge is -2.39. The van der Waals surface area contributed by atoms with Crippen LogP contribution in [0, 0.1) is 11.3 Å². The van der Waals surface area contributed by atoms with E-state index in [1.807, 2.05) is 42.6 Å². The molecular weight excluding hydrogens is 336 g/mol. The first-order valence-corrected chi connectivity index (χ1v) is 8.60. The molecule has 5 nitrogen and oxygen atoms in total. The van der Waals surface area contributed by atoms with Crippen LogP contribution < -0.4 is 4.90 Å². The van der Waals surface area contributed by atoms with Crippen molar-refractivity contribution in [2.24, 2.45) is 0 Å². The van der Waals surface area contributed by atoms with Crippen molar-refractivity contribution in [1.29, 1.82) is 5.26 Å². The molecule has 4 rings (SSSR count). The topological polar surface area (TPSA) is 64.6 Å². The molecule has 1 aliphatic rings. The first-order chi connectivity index (χ1) is 12.1. The number of rotatable bonds is 2. The van der Waals surface area contributed by atoms with Gasteiger partial charge in [0.2, 0.25) is 0 Å². The van der Waals surface area contributed by atoms with Crippen molar-refractivity contribution in [2.75, 3.05) is 18.0 Å². The Bertz CT molecular complexity index is 967. The van der Waals surface area contributed by atoms with Crippen molar-refractivity contribution in [3.05, 3.63) is 64.9 Å². The van der Waals surface area contributed by atoms with Gasteiger partial charge in [0.25, 0.3) is 0 Å². The Kier molecular flexibility index (Phi) is 3.87. The van der Waals surface area contributed by atoms with Gasteiger partial charge in [0.05, 0.1) is 5.60 Å². The number of anilines is 1. The van der Waals surface area contributed by atoms with E-state index in [9.17, 15) is 10.4 Å². The summed E-state index contributed by atoms with van der Waals surface area (Å²) in [6.45, 7) is 1.22. The van der Waals surface area contributed by atoms with Crippen molar-refractivity contribution in [3.8, 4) is 6.07 Å². The Labute approximate surface area is 150 Å². The molecule has 0 atom stereocenters. The molecule has 0 unspecified atom stereocenters. The fraction of sp³-hybridized carbons (Fsp3) is 0.263. The zero-order chi connectivity index (χ0) is 17.4. The standard InChI is InChI=1S/C19H17ClN4O/c20-15-6-2-1-5-14(15)19(25)8-11-23(12-9-19)18-16(13-21)24-10-4-3-7-17(24)22-18/h1-7,10,25H,8-9,11-12H2. The van der Waals surface area contributed by atoms with Crippen LogP contribution in [-0.4, -0.2) is 27.6 Å². The quantitative estimate of drug-likeness (QED) is 0.768. The number of imidazole rings is 1. The van der Waals surface area contributed by atoms with Crippen molar-refractivity contribution in [3.63, 3.8) is 0 Å². The largest absolute Gasteiger partial charge is 0.385 e. The summed E-state index contributed by atoms with van der Waals surface area (Å²) in [5, 5.41) is 21.2. The predicted molar refractivity (Wildman–Crippen MR) is 96.7 cm³/mol. The maximum atomic E-state index is 11.1. The van der Waals surface area contributed by atoms with E-state index in [-0.39, 0.29) is 0 Å². The first-order valence-electron chi connectivity index (χ1n) is 8.22. The molecule has 1 aromatic carbocycles. The van der Waals surface area contributed by atoms with Crippen molar-refractivity contribution in [2.45, 2.75) is 18.4 Å². The summed E-state index contributed by atoms with van der Waals surface area (Å²) in [6.07, 6.45) is 2.92. The third-order valence-corrected chi connectivity index (χ3v) is 5.21. The summed E-state index contributed by atoms with van der Waals surface area (Å²) in [5.41, 5.74) is 1.10. The van der Waals surface area contributed by atoms with Crippen LogP contribution in [0.3, 0.4) is 0 Å². The van der Waals surface area contributed by atoms with Crippen LogP contribution in [0.1, 0.15) is 24.1 Å². The molecule has 126 valence electrons. The number of nitriles is 1. The van der Waals surface area contributed by atoms with E-state index in [1.54, 1.807) is 10.5 Å². The highest BCUT2D eigenvalue weighted by atomic mass is 35.5. The lowest BCUT2D eigenvalue weighted by atomic mass is 9.84. The van der Waals surface area contributed by atoms with Gasteiger partial charge in [-0.05, 0) is 31.0 Å². The minimum Gasteiger partial charge on any atom is -0.385 e. The van der Waals surface area contributed by atoms with Crippen LogP contribution >= 0.6 is 11.6 Å². The van der Waals surface area contributed by atoms with E-state index in [1.165, 1.54) is 0 Å². The molecule has 3 heterocycles. The van der Waals surface area contributed by atoms with Crippen molar-refractivity contribution in [1.82, 2.24) is 9.38 Å². The van der Waals surface area contributed by atoms with Gasteiger partial charge in [-0.1, -0.05) is 35.9 Å². The molecule has 25 heavy (non-hydrogen) atoms. The molecule has 2 aromatic heterocycles. The lowest BCUT2D eigenvalue weighted by Crippen LogP contribution is -2.43. The van der Waals surface area contributed by atoms with Crippen LogP contribution in [0.4, 0.5) is 5.82 Å². The molecule has 1 aliphatic heterocycles. The second kappa shape index (κ2) is 6.07. The number of aliphatic hydroxyl groups is 1. The van der Waals surface area contributed by atoms with Gasteiger partial charge < -0.3 is 10.0 Å². The zero-order valence-electron chi connectivity index (χ0n) is 13.6. The first kappa shape index (κ1) is 15.9. The molecule has 1 N–H and O–H groups in total. The van der Waals surface area contributed by atoms with E-state index in [4.69, 9.17) is 11.6 Å². The maximum absolute atomic E-state index is 11.1. The second-order valence-corrected chi connectivity index (χ2v) is 6.73. The second-order valence-electron chi connectivity index (χ2n) is 6.32. The molecule has 0 spiro atoms. The van der Waals surface area contributed by atoms with Crippen LogP contribution in [0.2, 0.25) is 5.02 Å². The molecule has 0 aliphatic carbocycles. The molecule has 6 heteroatoms. The summed E-state index contributed by atoms with van der Waals surface area (Å²) in [4.78, 5) is 6.67. The number of aromatic nitrogens is 2. The summed E-state index contributed by atoms with van der Waals surface area (Å²) in [7, 11) is 0. The fourth-order valence-electron chi connectivity index (χ4n) is 3.50. The van der Waals surface area contributed by atoms with Gasteiger partial charge in [-0.25, -0.2) is 4.98 Å². The van der Waals surface area contributed by atoms with Gasteiger partial charge in [-0.15, -0.1) is 0 Å². The molecule has 0 saturated carbocycles. The van der Waals surface area contributed by atoms with Crippen molar-refractivity contribution < 1.29 is 5.11 Å². The predicted octanol–water partition coefficient (Wildman–Crippen LogP) is 3.35. The van der Waals surface area contributed by atoms with Gasteiger partial charge in [-0.2, -0.15) is 5.26 Å². The van der Waals surface area contributed by atoms with Crippen LogP contribution in [0.5, 0.6) is 0 Å². The Balaban J connectivity index is 1.63. The molecule has 0 radical (unpaired) electrons. The highest BCUT2D eigenvalue weighted by molar-refractivity contribution is 6.31. The van der Waals surface area contributed by atoms with E-state index < -0.39 is 5.60 Å². The highest BCUT2D eigenvalue weighted by Gasteiger charge is 2.36. The number of piperidine rings is 1. The maximum Gasteiger partial charge on any atom is 0.169 e. The summed E-state index contributed by atoms with van der Waals surface area (Å²) >= 11 is 6.27. The monoisotopic (exact) mass is 352 g/mol. The highest BCUT2D eigenvalue weighted by Crippen LogP contribution is 2.38. The van der Waals surface area contributed by atoms with Crippen LogP contribution in [0.25, 0.3) is 5.65 Å². The van der Waals surface area contributed by atoms with Gasteiger partial charge >= 0.3 is 0 Å². The summed E-state index contributed by atoms with van der Waals surface area (Å²) in [5.74, 6) is 0.676. The Morgan fingerprint density at radius 1 is 1.12 bits per heavy atom. The number of halogens is 1. The number of nitrogens with zero attached hydrogens (tertiary/aromatic N) is 4. The van der Waals surface area contributed by atoms with Gasteiger partial charge in [0.15, 0.2) is 11.5 Å². The minimum absolute atomic E-state index is 0.527. The number of hydrogen-bond donors (Lipinski definition) is 1. The number of benzene rings is 1. The third-order valence-electron chi connectivity index (χ3n) is 4.88. The van der Waals surface area contributed by atoms with Crippen LogP contribution in [-0.2, 0) is 5.60 Å². The number of pyridine rings is 1. The average molecular weight is 353 g/mol.